The summed E-state index contributed by atoms with van der Waals surface area (Å²) in [6.45, 7) is 1.99. The van der Waals surface area contributed by atoms with E-state index < -0.39 is 0 Å². The first-order valence-electron chi connectivity index (χ1n) is 6.06. The molecule has 0 aromatic heterocycles. The molecule has 0 saturated heterocycles. The molecule has 0 aliphatic carbocycles. The Hall–Kier alpha value is -1.52. The van der Waals surface area contributed by atoms with Crippen molar-refractivity contribution >= 4 is 44.8 Å². The lowest BCUT2D eigenvalue weighted by Crippen LogP contribution is -2.14. The summed E-state index contributed by atoms with van der Waals surface area (Å²) in [5.41, 5.74) is 3.09. The van der Waals surface area contributed by atoms with Crippen molar-refractivity contribution in [3.05, 3.63) is 57.0 Å². The third-order valence-electron chi connectivity index (χ3n) is 2.93. The Kier molecular flexibility index (Phi) is 4.68. The Morgan fingerprint density at radius 3 is 2.60 bits per heavy atom. The number of carbonyl (C=O) groups excluding carboxylic acids is 1. The number of benzene rings is 2. The van der Waals surface area contributed by atoms with Crippen LogP contribution in [0.15, 0.2) is 40.9 Å². The molecule has 0 saturated carbocycles. The number of aryl methyl sites for hydroxylation is 1. The average Bonchev–Trinajstić information content (AvgIpc) is 2.43. The number of carbonyl (C=O) groups is 1. The van der Waals surface area contributed by atoms with Crippen LogP contribution >= 0.6 is 27.5 Å². The van der Waals surface area contributed by atoms with Crippen molar-refractivity contribution in [2.24, 2.45) is 0 Å². The summed E-state index contributed by atoms with van der Waals surface area (Å²) in [5, 5.41) is 6.37. The number of hydrogen-bond acceptors (Lipinski definition) is 2. The Bertz CT molecular complexity index is 658. The molecular formula is C15H14BrClN2O. The summed E-state index contributed by atoms with van der Waals surface area (Å²) in [6, 6.07) is 10.8. The fourth-order valence-electron chi connectivity index (χ4n) is 1.79. The minimum atomic E-state index is -0.201. The molecule has 2 rings (SSSR count). The second-order valence-corrected chi connectivity index (χ2v) is 5.65. The maximum atomic E-state index is 12.3. The van der Waals surface area contributed by atoms with Gasteiger partial charge < -0.3 is 10.6 Å². The Morgan fingerprint density at radius 1 is 1.20 bits per heavy atom. The van der Waals surface area contributed by atoms with Gasteiger partial charge in [0.1, 0.15) is 0 Å². The van der Waals surface area contributed by atoms with E-state index in [9.17, 15) is 4.79 Å². The Labute approximate surface area is 131 Å². The lowest BCUT2D eigenvalue weighted by atomic mass is 10.1. The van der Waals surface area contributed by atoms with Crippen LogP contribution in [0.3, 0.4) is 0 Å². The number of amides is 1. The first-order valence-corrected chi connectivity index (χ1v) is 7.23. The Balaban J connectivity index is 2.27. The van der Waals surface area contributed by atoms with E-state index in [1.807, 2.05) is 25.1 Å². The molecule has 5 heteroatoms. The first-order chi connectivity index (χ1) is 9.51. The zero-order valence-electron chi connectivity index (χ0n) is 11.1. The second kappa shape index (κ2) is 6.29. The van der Waals surface area contributed by atoms with Gasteiger partial charge >= 0.3 is 0 Å². The van der Waals surface area contributed by atoms with E-state index >= 15 is 0 Å². The summed E-state index contributed by atoms with van der Waals surface area (Å²) >= 11 is 9.40. The monoisotopic (exact) mass is 352 g/mol. The molecule has 0 radical (unpaired) electrons. The van der Waals surface area contributed by atoms with Crippen molar-refractivity contribution < 1.29 is 4.79 Å². The fraction of sp³-hybridized carbons (Fsp3) is 0.133. The quantitative estimate of drug-likeness (QED) is 0.839. The van der Waals surface area contributed by atoms with Crippen LogP contribution in [-0.2, 0) is 0 Å². The SMILES string of the molecule is CNc1ccc(Cl)cc1C(=O)Nc1ccc(C)c(Br)c1. The van der Waals surface area contributed by atoms with Gasteiger partial charge in [-0.1, -0.05) is 33.6 Å². The molecular weight excluding hydrogens is 340 g/mol. The molecule has 0 fully saturated rings. The molecule has 0 atom stereocenters. The molecule has 104 valence electrons. The highest BCUT2D eigenvalue weighted by atomic mass is 79.9. The lowest BCUT2D eigenvalue weighted by Gasteiger charge is -2.11. The van der Waals surface area contributed by atoms with Crippen molar-refractivity contribution in [2.45, 2.75) is 6.92 Å². The summed E-state index contributed by atoms with van der Waals surface area (Å²) in [4.78, 5) is 12.3. The van der Waals surface area contributed by atoms with E-state index in [4.69, 9.17) is 11.6 Å². The number of anilines is 2. The lowest BCUT2D eigenvalue weighted by molar-refractivity contribution is 0.102. The van der Waals surface area contributed by atoms with E-state index in [0.29, 0.717) is 10.6 Å². The fourth-order valence-corrected chi connectivity index (χ4v) is 2.34. The minimum Gasteiger partial charge on any atom is -0.387 e. The van der Waals surface area contributed by atoms with Crippen LogP contribution in [0.2, 0.25) is 5.02 Å². The molecule has 2 aromatic rings. The highest BCUT2D eigenvalue weighted by Crippen LogP contribution is 2.24. The first kappa shape index (κ1) is 14.9. The van der Waals surface area contributed by atoms with Gasteiger partial charge in [0.15, 0.2) is 0 Å². The van der Waals surface area contributed by atoms with Crippen molar-refractivity contribution in [3.8, 4) is 0 Å². The molecule has 20 heavy (non-hydrogen) atoms. The molecule has 2 aromatic carbocycles. The van der Waals surface area contributed by atoms with Gasteiger partial charge in [-0.05, 0) is 42.8 Å². The predicted octanol–water partition coefficient (Wildman–Crippen LogP) is 4.70. The zero-order valence-corrected chi connectivity index (χ0v) is 13.5. The maximum absolute atomic E-state index is 12.3. The van der Waals surface area contributed by atoms with Gasteiger partial charge in [-0.2, -0.15) is 0 Å². The van der Waals surface area contributed by atoms with Crippen LogP contribution in [0.4, 0.5) is 11.4 Å². The largest absolute Gasteiger partial charge is 0.387 e. The maximum Gasteiger partial charge on any atom is 0.257 e. The van der Waals surface area contributed by atoms with Crippen LogP contribution in [-0.4, -0.2) is 13.0 Å². The predicted molar refractivity (Wildman–Crippen MR) is 87.8 cm³/mol. The van der Waals surface area contributed by atoms with Gasteiger partial charge in [0.25, 0.3) is 5.91 Å². The summed E-state index contributed by atoms with van der Waals surface area (Å²) in [6.07, 6.45) is 0. The van der Waals surface area contributed by atoms with E-state index in [0.717, 1.165) is 21.4 Å². The van der Waals surface area contributed by atoms with Gasteiger partial charge in [-0.25, -0.2) is 0 Å². The van der Waals surface area contributed by atoms with E-state index in [1.165, 1.54) is 0 Å². The van der Waals surface area contributed by atoms with E-state index in [2.05, 4.69) is 26.6 Å². The number of halogens is 2. The van der Waals surface area contributed by atoms with Gasteiger partial charge in [-0.3, -0.25) is 4.79 Å². The smallest absolute Gasteiger partial charge is 0.257 e. The van der Waals surface area contributed by atoms with Crippen molar-refractivity contribution in [2.75, 3.05) is 17.7 Å². The standard InChI is InChI=1S/C15H14BrClN2O/c1-9-3-5-11(8-13(9)16)19-15(20)12-7-10(17)4-6-14(12)18-2/h3-8,18H,1-2H3,(H,19,20). The molecule has 0 unspecified atom stereocenters. The molecule has 3 nitrogen and oxygen atoms in total. The van der Waals surface area contributed by atoms with Crippen molar-refractivity contribution in [3.63, 3.8) is 0 Å². The average molecular weight is 354 g/mol. The highest BCUT2D eigenvalue weighted by Gasteiger charge is 2.12. The second-order valence-electron chi connectivity index (χ2n) is 4.36. The van der Waals surface area contributed by atoms with Gasteiger partial charge in [0.05, 0.1) is 5.56 Å². The van der Waals surface area contributed by atoms with Crippen LogP contribution < -0.4 is 10.6 Å². The normalized spacial score (nSPS) is 10.2. The molecule has 2 N–H and O–H groups in total. The minimum absolute atomic E-state index is 0.201. The van der Waals surface area contributed by atoms with Crippen molar-refractivity contribution in [1.29, 1.82) is 0 Å². The highest BCUT2D eigenvalue weighted by molar-refractivity contribution is 9.10. The number of rotatable bonds is 3. The van der Waals surface area contributed by atoms with Crippen LogP contribution in [0, 0.1) is 6.92 Å². The van der Waals surface area contributed by atoms with Crippen LogP contribution in [0.25, 0.3) is 0 Å². The molecule has 0 bridgehead atoms. The number of hydrogen-bond donors (Lipinski definition) is 2. The van der Waals surface area contributed by atoms with Crippen LogP contribution in [0.5, 0.6) is 0 Å². The van der Waals surface area contributed by atoms with Gasteiger partial charge in [-0.15, -0.1) is 0 Å². The number of nitrogens with one attached hydrogen (secondary N) is 2. The van der Waals surface area contributed by atoms with Gasteiger partial charge in [0.2, 0.25) is 0 Å². The summed E-state index contributed by atoms with van der Waals surface area (Å²) in [7, 11) is 1.77. The summed E-state index contributed by atoms with van der Waals surface area (Å²) < 4.78 is 0.954. The van der Waals surface area contributed by atoms with Crippen LogP contribution in [0.1, 0.15) is 15.9 Å². The van der Waals surface area contributed by atoms with E-state index in [-0.39, 0.29) is 5.91 Å². The topological polar surface area (TPSA) is 41.1 Å². The van der Waals surface area contributed by atoms with Gasteiger partial charge in [0, 0.05) is 27.9 Å². The van der Waals surface area contributed by atoms with E-state index in [1.54, 1.807) is 25.2 Å². The molecule has 1 amide bonds. The van der Waals surface area contributed by atoms with Crippen molar-refractivity contribution in [1.82, 2.24) is 0 Å². The third-order valence-corrected chi connectivity index (χ3v) is 4.01. The molecule has 0 spiro atoms. The summed E-state index contributed by atoms with van der Waals surface area (Å²) in [5.74, 6) is -0.201. The zero-order chi connectivity index (χ0) is 14.7. The third kappa shape index (κ3) is 3.32. The molecule has 0 aliphatic heterocycles. The Morgan fingerprint density at radius 2 is 1.95 bits per heavy atom. The molecule has 0 aliphatic rings. The molecule has 0 heterocycles.